The van der Waals surface area contributed by atoms with E-state index in [9.17, 15) is 4.79 Å². The van der Waals surface area contributed by atoms with E-state index in [1.165, 1.54) is 0 Å². The number of aryl methyl sites for hydroxylation is 2. The Morgan fingerprint density at radius 1 is 1.46 bits per heavy atom. The van der Waals surface area contributed by atoms with Gasteiger partial charge in [-0.15, -0.1) is 0 Å². The lowest BCUT2D eigenvalue weighted by Crippen LogP contribution is -2.30. The summed E-state index contributed by atoms with van der Waals surface area (Å²) in [4.78, 5) is 19.7. The molecule has 0 aliphatic heterocycles. The molecule has 0 bridgehead atoms. The van der Waals surface area contributed by atoms with Crippen LogP contribution >= 0.6 is 0 Å². The fourth-order valence-corrected chi connectivity index (χ4v) is 2.57. The molecule has 2 N–H and O–H groups in total. The first-order valence-electron chi connectivity index (χ1n) is 7.83. The lowest BCUT2D eigenvalue weighted by molar-refractivity contribution is -0.126. The maximum Gasteiger partial charge on any atom is 0.246 e. The molecule has 0 saturated carbocycles. The largest absolute Gasteiger partial charge is 0.364 e. The van der Waals surface area contributed by atoms with Crippen molar-refractivity contribution >= 4 is 16.9 Å². The third kappa shape index (κ3) is 3.62. The average Bonchev–Trinajstić information content (AvgIpc) is 3.14. The van der Waals surface area contributed by atoms with Crippen LogP contribution in [0.4, 0.5) is 0 Å². The summed E-state index contributed by atoms with van der Waals surface area (Å²) in [5.41, 5.74) is 3.98. The van der Waals surface area contributed by atoms with Gasteiger partial charge in [-0.3, -0.25) is 9.48 Å². The van der Waals surface area contributed by atoms with Crippen molar-refractivity contribution in [1.82, 2.24) is 25.1 Å². The summed E-state index contributed by atoms with van der Waals surface area (Å²) in [6, 6.07) is 5.86. The zero-order valence-electron chi connectivity index (χ0n) is 14.0. The van der Waals surface area contributed by atoms with Crippen LogP contribution in [0.15, 0.2) is 30.6 Å². The Balaban J connectivity index is 1.50. The van der Waals surface area contributed by atoms with Gasteiger partial charge in [0.2, 0.25) is 5.91 Å². The van der Waals surface area contributed by atoms with Gasteiger partial charge in [0, 0.05) is 18.8 Å². The number of benzene rings is 1. The number of aromatic amines is 1. The molecule has 1 amide bonds. The van der Waals surface area contributed by atoms with Crippen molar-refractivity contribution in [2.45, 2.75) is 26.5 Å². The van der Waals surface area contributed by atoms with Gasteiger partial charge in [0.1, 0.15) is 19.0 Å². The highest BCUT2D eigenvalue weighted by atomic mass is 16.5. The SMILES string of the molecule is Cc1cccc2[nH]c(COCC(=O)N[C@H](C)c3cnn(C)c3)nc12. The molecule has 0 saturated heterocycles. The molecule has 2 aromatic heterocycles. The summed E-state index contributed by atoms with van der Waals surface area (Å²) in [5.74, 6) is 0.547. The van der Waals surface area contributed by atoms with Crippen LogP contribution in [-0.4, -0.2) is 32.3 Å². The Bertz CT molecular complexity index is 852. The Morgan fingerprint density at radius 2 is 2.29 bits per heavy atom. The molecular weight excluding hydrogens is 306 g/mol. The summed E-state index contributed by atoms with van der Waals surface area (Å²) in [6.07, 6.45) is 3.62. The molecule has 7 heteroatoms. The molecule has 126 valence electrons. The molecule has 24 heavy (non-hydrogen) atoms. The second kappa shape index (κ2) is 6.84. The van der Waals surface area contributed by atoms with Gasteiger partial charge in [0.25, 0.3) is 0 Å². The highest BCUT2D eigenvalue weighted by Crippen LogP contribution is 2.15. The normalized spacial score (nSPS) is 12.5. The maximum absolute atomic E-state index is 12.0. The minimum absolute atomic E-state index is 0.0133. The van der Waals surface area contributed by atoms with Gasteiger partial charge >= 0.3 is 0 Å². The van der Waals surface area contributed by atoms with Gasteiger partial charge in [-0.05, 0) is 25.5 Å². The predicted octanol–water partition coefficient (Wildman–Crippen LogP) is 2.00. The van der Waals surface area contributed by atoms with E-state index in [0.29, 0.717) is 5.82 Å². The van der Waals surface area contributed by atoms with Crippen LogP contribution in [0.3, 0.4) is 0 Å². The number of nitrogens with one attached hydrogen (secondary N) is 2. The molecule has 0 unspecified atom stereocenters. The second-order valence-corrected chi connectivity index (χ2v) is 5.88. The summed E-state index contributed by atoms with van der Waals surface area (Å²) < 4.78 is 7.17. The minimum Gasteiger partial charge on any atom is -0.364 e. The van der Waals surface area contributed by atoms with Crippen LogP contribution in [0.1, 0.15) is 29.9 Å². The number of para-hydroxylation sites is 1. The summed E-state index contributed by atoms with van der Waals surface area (Å²) in [5, 5.41) is 6.98. The van der Waals surface area contributed by atoms with Crippen molar-refractivity contribution in [1.29, 1.82) is 0 Å². The number of nitrogens with zero attached hydrogens (tertiary/aromatic N) is 3. The van der Waals surface area contributed by atoms with E-state index in [0.717, 1.165) is 22.2 Å². The molecule has 2 heterocycles. The number of imidazole rings is 1. The highest BCUT2D eigenvalue weighted by Gasteiger charge is 2.12. The zero-order chi connectivity index (χ0) is 17.1. The molecule has 1 atom stereocenters. The first-order chi connectivity index (χ1) is 11.5. The lowest BCUT2D eigenvalue weighted by atomic mass is 10.2. The van der Waals surface area contributed by atoms with Crippen molar-refractivity contribution in [3.63, 3.8) is 0 Å². The third-order valence-corrected chi connectivity index (χ3v) is 3.84. The number of ether oxygens (including phenoxy) is 1. The first kappa shape index (κ1) is 16.2. The number of H-pyrrole nitrogens is 1. The highest BCUT2D eigenvalue weighted by molar-refractivity contribution is 5.78. The molecule has 0 spiro atoms. The minimum atomic E-state index is -0.168. The van der Waals surface area contributed by atoms with Crippen molar-refractivity contribution in [3.8, 4) is 0 Å². The molecular formula is C17H21N5O2. The van der Waals surface area contributed by atoms with Gasteiger partial charge in [-0.1, -0.05) is 12.1 Å². The molecule has 3 rings (SSSR count). The van der Waals surface area contributed by atoms with Crippen molar-refractivity contribution in [3.05, 3.63) is 47.5 Å². The molecule has 3 aromatic rings. The van der Waals surface area contributed by atoms with Crippen molar-refractivity contribution in [2.24, 2.45) is 7.05 Å². The van der Waals surface area contributed by atoms with E-state index in [1.54, 1.807) is 10.9 Å². The number of amides is 1. The van der Waals surface area contributed by atoms with Crippen LogP contribution in [0.25, 0.3) is 11.0 Å². The third-order valence-electron chi connectivity index (χ3n) is 3.84. The van der Waals surface area contributed by atoms with Gasteiger partial charge in [-0.25, -0.2) is 4.98 Å². The van der Waals surface area contributed by atoms with Crippen LogP contribution in [0, 0.1) is 6.92 Å². The molecule has 0 radical (unpaired) electrons. The van der Waals surface area contributed by atoms with Crippen molar-refractivity contribution < 1.29 is 9.53 Å². The van der Waals surface area contributed by atoms with Gasteiger partial charge in [0.05, 0.1) is 23.3 Å². The second-order valence-electron chi connectivity index (χ2n) is 5.88. The van der Waals surface area contributed by atoms with Crippen molar-refractivity contribution in [2.75, 3.05) is 6.61 Å². The monoisotopic (exact) mass is 327 g/mol. The van der Waals surface area contributed by atoms with E-state index in [1.807, 2.05) is 45.3 Å². The molecule has 7 nitrogen and oxygen atoms in total. The fourth-order valence-electron chi connectivity index (χ4n) is 2.57. The van der Waals surface area contributed by atoms with E-state index in [4.69, 9.17) is 4.74 Å². The van der Waals surface area contributed by atoms with Crippen LogP contribution in [0.2, 0.25) is 0 Å². The smallest absolute Gasteiger partial charge is 0.246 e. The summed E-state index contributed by atoms with van der Waals surface area (Å²) >= 11 is 0. The Kier molecular flexibility index (Phi) is 4.61. The maximum atomic E-state index is 12.0. The quantitative estimate of drug-likeness (QED) is 0.725. The Morgan fingerprint density at radius 3 is 3.00 bits per heavy atom. The van der Waals surface area contributed by atoms with E-state index >= 15 is 0 Å². The van der Waals surface area contributed by atoms with Gasteiger partial charge < -0.3 is 15.0 Å². The Labute approximate surface area is 140 Å². The van der Waals surface area contributed by atoms with Crippen LogP contribution in [-0.2, 0) is 23.2 Å². The average molecular weight is 327 g/mol. The fraction of sp³-hybridized carbons (Fsp3) is 0.353. The Hall–Kier alpha value is -2.67. The number of fused-ring (bicyclic) bond motifs is 1. The first-order valence-corrected chi connectivity index (χ1v) is 7.83. The molecule has 0 aliphatic rings. The predicted molar refractivity (Wildman–Crippen MR) is 90.3 cm³/mol. The van der Waals surface area contributed by atoms with Crippen LogP contribution in [0.5, 0.6) is 0 Å². The topological polar surface area (TPSA) is 84.8 Å². The number of carbonyl (C=O) groups excluding carboxylic acids is 1. The molecule has 1 aromatic carbocycles. The summed E-state index contributed by atoms with van der Waals surface area (Å²) in [6.45, 7) is 4.18. The number of hydrogen-bond donors (Lipinski definition) is 2. The van der Waals surface area contributed by atoms with E-state index in [2.05, 4.69) is 20.4 Å². The van der Waals surface area contributed by atoms with E-state index in [-0.39, 0.29) is 25.2 Å². The number of aromatic nitrogens is 4. The van der Waals surface area contributed by atoms with Gasteiger partial charge in [-0.2, -0.15) is 5.10 Å². The van der Waals surface area contributed by atoms with E-state index < -0.39 is 0 Å². The number of carbonyl (C=O) groups is 1. The molecule has 0 aliphatic carbocycles. The lowest BCUT2D eigenvalue weighted by Gasteiger charge is -2.11. The summed E-state index contributed by atoms with van der Waals surface area (Å²) in [7, 11) is 1.84. The molecule has 0 fully saturated rings. The number of rotatable bonds is 6. The van der Waals surface area contributed by atoms with Crippen LogP contribution < -0.4 is 5.32 Å². The standard InChI is InChI=1S/C17H21N5O2/c1-11-5-4-6-14-17(11)21-15(20-14)9-24-10-16(23)19-12(2)13-7-18-22(3)8-13/h4-8,12H,9-10H2,1-3H3,(H,19,23)(H,20,21)/t12-/m1/s1. The zero-order valence-corrected chi connectivity index (χ0v) is 14.0. The van der Waals surface area contributed by atoms with Gasteiger partial charge in [0.15, 0.2) is 0 Å². The number of hydrogen-bond acceptors (Lipinski definition) is 4.